The van der Waals surface area contributed by atoms with Crippen LogP contribution < -0.4 is 4.74 Å². The van der Waals surface area contributed by atoms with Gasteiger partial charge in [0, 0.05) is 23.7 Å². The number of pyridine rings is 1. The summed E-state index contributed by atoms with van der Waals surface area (Å²) in [6.07, 6.45) is 0. The minimum absolute atomic E-state index is 0.366. The highest BCUT2D eigenvalue weighted by Crippen LogP contribution is 2.36. The van der Waals surface area contributed by atoms with Crippen molar-refractivity contribution < 1.29 is 4.74 Å². The zero-order valence-corrected chi connectivity index (χ0v) is 12.9. The SMILES string of the molecule is Cc1cc(CCl)cc(Oc2cc(Cl)c(Cl)cc2Cl)n1. The molecule has 0 aliphatic rings. The van der Waals surface area contributed by atoms with Crippen LogP contribution in [0.1, 0.15) is 11.3 Å². The van der Waals surface area contributed by atoms with Crippen LogP contribution in [0.15, 0.2) is 24.3 Å². The van der Waals surface area contributed by atoms with E-state index < -0.39 is 0 Å². The predicted octanol–water partition coefficient (Wildman–Crippen LogP) is 5.88. The van der Waals surface area contributed by atoms with Gasteiger partial charge in [0.05, 0.1) is 15.1 Å². The Hall–Kier alpha value is -0.670. The van der Waals surface area contributed by atoms with E-state index in [1.54, 1.807) is 12.1 Å². The summed E-state index contributed by atoms with van der Waals surface area (Å²) in [5, 5.41) is 1.11. The molecule has 0 atom stereocenters. The lowest BCUT2D eigenvalue weighted by Gasteiger charge is -2.09. The van der Waals surface area contributed by atoms with E-state index in [2.05, 4.69) is 4.98 Å². The van der Waals surface area contributed by atoms with E-state index in [9.17, 15) is 0 Å². The molecule has 0 unspecified atom stereocenters. The molecule has 0 radical (unpaired) electrons. The summed E-state index contributed by atoms with van der Waals surface area (Å²) in [4.78, 5) is 4.25. The summed E-state index contributed by atoms with van der Waals surface area (Å²) in [5.74, 6) is 1.19. The van der Waals surface area contributed by atoms with Gasteiger partial charge in [-0.15, -0.1) is 11.6 Å². The normalized spacial score (nSPS) is 10.6. The van der Waals surface area contributed by atoms with E-state index in [4.69, 9.17) is 51.1 Å². The van der Waals surface area contributed by atoms with Crippen LogP contribution in [0, 0.1) is 6.92 Å². The second kappa shape index (κ2) is 6.19. The number of alkyl halides is 1. The van der Waals surface area contributed by atoms with E-state index in [0.717, 1.165) is 11.3 Å². The number of aryl methyl sites for hydroxylation is 1. The number of hydrogen-bond acceptors (Lipinski definition) is 2. The molecule has 19 heavy (non-hydrogen) atoms. The maximum atomic E-state index is 6.04. The standard InChI is InChI=1S/C13H9Cl4NO/c1-7-2-8(6-14)3-13(18-7)19-12-5-10(16)9(15)4-11(12)17/h2-5H,6H2,1H3. The van der Waals surface area contributed by atoms with Gasteiger partial charge in [0.2, 0.25) is 5.88 Å². The molecule has 2 aromatic rings. The average Bonchev–Trinajstić information content (AvgIpc) is 2.35. The quantitative estimate of drug-likeness (QED) is 0.515. The van der Waals surface area contributed by atoms with Crippen molar-refractivity contribution in [1.82, 2.24) is 4.98 Å². The lowest BCUT2D eigenvalue weighted by Crippen LogP contribution is -1.93. The number of benzene rings is 1. The molecule has 2 rings (SSSR count). The molecule has 6 heteroatoms. The Bertz CT molecular complexity index is 616. The van der Waals surface area contributed by atoms with Crippen molar-refractivity contribution in [2.24, 2.45) is 0 Å². The molecule has 0 saturated heterocycles. The minimum atomic E-state index is 0.366. The van der Waals surface area contributed by atoms with Gasteiger partial charge in [-0.1, -0.05) is 34.8 Å². The lowest BCUT2D eigenvalue weighted by atomic mass is 10.2. The molecule has 0 spiro atoms. The smallest absolute Gasteiger partial charge is 0.219 e. The zero-order chi connectivity index (χ0) is 14.0. The van der Waals surface area contributed by atoms with Crippen molar-refractivity contribution in [3.63, 3.8) is 0 Å². The second-order valence-electron chi connectivity index (χ2n) is 3.89. The average molecular weight is 337 g/mol. The molecule has 0 N–H and O–H groups in total. The molecule has 1 heterocycles. The molecule has 1 aromatic carbocycles. The molecule has 0 saturated carbocycles. The van der Waals surface area contributed by atoms with Gasteiger partial charge >= 0.3 is 0 Å². The molecule has 0 aliphatic carbocycles. The van der Waals surface area contributed by atoms with Gasteiger partial charge in [0.15, 0.2) is 0 Å². The van der Waals surface area contributed by atoms with Gasteiger partial charge in [-0.2, -0.15) is 0 Å². The Morgan fingerprint density at radius 1 is 1.00 bits per heavy atom. The Labute approximate surface area is 131 Å². The van der Waals surface area contributed by atoms with Crippen LogP contribution in [0.25, 0.3) is 0 Å². The highest BCUT2D eigenvalue weighted by molar-refractivity contribution is 6.43. The van der Waals surface area contributed by atoms with Crippen molar-refractivity contribution >= 4 is 46.4 Å². The van der Waals surface area contributed by atoms with Crippen molar-refractivity contribution in [3.05, 3.63) is 50.6 Å². The van der Waals surface area contributed by atoms with Crippen LogP contribution in [0.2, 0.25) is 15.1 Å². The molecule has 1 aromatic heterocycles. The van der Waals surface area contributed by atoms with Gasteiger partial charge in [-0.3, -0.25) is 0 Å². The van der Waals surface area contributed by atoms with E-state index in [0.29, 0.717) is 32.6 Å². The summed E-state index contributed by atoms with van der Waals surface area (Å²) < 4.78 is 5.62. The molecule has 2 nitrogen and oxygen atoms in total. The monoisotopic (exact) mass is 335 g/mol. The van der Waals surface area contributed by atoms with Crippen LogP contribution in [-0.4, -0.2) is 4.98 Å². The number of hydrogen-bond donors (Lipinski definition) is 0. The van der Waals surface area contributed by atoms with E-state index in [1.165, 1.54) is 6.07 Å². The summed E-state index contributed by atoms with van der Waals surface area (Å²) in [7, 11) is 0. The van der Waals surface area contributed by atoms with Crippen molar-refractivity contribution in [2.75, 3.05) is 0 Å². The first kappa shape index (κ1) is 14.7. The number of rotatable bonds is 3. The summed E-state index contributed by atoms with van der Waals surface area (Å²) in [6.45, 7) is 1.86. The number of aromatic nitrogens is 1. The van der Waals surface area contributed by atoms with Gasteiger partial charge in [-0.25, -0.2) is 4.98 Å². The van der Waals surface area contributed by atoms with Crippen LogP contribution in [-0.2, 0) is 5.88 Å². The molecule has 0 aliphatic heterocycles. The Kier molecular flexibility index (Phi) is 4.80. The molecule has 0 amide bonds. The maximum Gasteiger partial charge on any atom is 0.219 e. The highest BCUT2D eigenvalue weighted by atomic mass is 35.5. The molecule has 100 valence electrons. The van der Waals surface area contributed by atoms with Gasteiger partial charge < -0.3 is 4.74 Å². The van der Waals surface area contributed by atoms with E-state index in [1.807, 2.05) is 13.0 Å². The van der Waals surface area contributed by atoms with Crippen molar-refractivity contribution in [2.45, 2.75) is 12.8 Å². The van der Waals surface area contributed by atoms with Crippen LogP contribution in [0.3, 0.4) is 0 Å². The molecular formula is C13H9Cl4NO. The van der Waals surface area contributed by atoms with E-state index in [-0.39, 0.29) is 0 Å². The summed E-state index contributed by atoms with van der Waals surface area (Å²) in [6, 6.07) is 6.71. The third kappa shape index (κ3) is 3.67. The first-order valence-electron chi connectivity index (χ1n) is 5.35. The van der Waals surface area contributed by atoms with Gasteiger partial charge in [-0.05, 0) is 24.6 Å². The van der Waals surface area contributed by atoms with Gasteiger partial charge in [0.25, 0.3) is 0 Å². The van der Waals surface area contributed by atoms with Crippen LogP contribution in [0.4, 0.5) is 0 Å². The third-order valence-corrected chi connectivity index (χ3v) is 3.66. The van der Waals surface area contributed by atoms with Crippen molar-refractivity contribution in [3.8, 4) is 11.6 Å². The largest absolute Gasteiger partial charge is 0.437 e. The molecule has 0 fully saturated rings. The fourth-order valence-corrected chi connectivity index (χ4v) is 2.26. The summed E-state index contributed by atoms with van der Waals surface area (Å²) in [5.41, 5.74) is 1.73. The van der Waals surface area contributed by atoms with Gasteiger partial charge in [0.1, 0.15) is 5.75 Å². The van der Waals surface area contributed by atoms with Crippen LogP contribution >= 0.6 is 46.4 Å². The van der Waals surface area contributed by atoms with Crippen molar-refractivity contribution in [1.29, 1.82) is 0 Å². The number of nitrogens with zero attached hydrogens (tertiary/aromatic N) is 1. The lowest BCUT2D eigenvalue weighted by molar-refractivity contribution is 0.461. The molecule has 0 bridgehead atoms. The summed E-state index contributed by atoms with van der Waals surface area (Å²) >= 11 is 23.6. The van der Waals surface area contributed by atoms with E-state index >= 15 is 0 Å². The number of halogens is 4. The first-order chi connectivity index (χ1) is 8.99. The zero-order valence-electron chi connectivity index (χ0n) is 9.88. The minimum Gasteiger partial charge on any atom is -0.437 e. The fraction of sp³-hybridized carbons (Fsp3) is 0.154. The third-order valence-electron chi connectivity index (χ3n) is 2.33. The fourth-order valence-electron chi connectivity index (χ4n) is 1.53. The first-order valence-corrected chi connectivity index (χ1v) is 7.02. The van der Waals surface area contributed by atoms with Crippen LogP contribution in [0.5, 0.6) is 11.6 Å². The Morgan fingerprint density at radius 2 is 1.68 bits per heavy atom. The molecular weight excluding hydrogens is 328 g/mol. The maximum absolute atomic E-state index is 6.04. The number of ether oxygens (including phenoxy) is 1. The second-order valence-corrected chi connectivity index (χ2v) is 5.38. The Balaban J connectivity index is 2.36. The predicted molar refractivity (Wildman–Crippen MR) is 80.1 cm³/mol. The highest BCUT2D eigenvalue weighted by Gasteiger charge is 2.09. The Morgan fingerprint density at radius 3 is 2.37 bits per heavy atom. The topological polar surface area (TPSA) is 22.1 Å².